The number of carbonyl (C=O) groups excluding carboxylic acids is 1. The van der Waals surface area contributed by atoms with E-state index in [0.29, 0.717) is 6.04 Å². The fourth-order valence-corrected chi connectivity index (χ4v) is 2.46. The molecule has 1 unspecified atom stereocenters. The molecule has 1 aliphatic rings. The number of likely N-dealkylation sites (N-methyl/N-ethyl adjacent to an activating group) is 1. The lowest BCUT2D eigenvalue weighted by Crippen LogP contribution is -2.44. The van der Waals surface area contributed by atoms with Crippen LogP contribution in [0.4, 0.5) is 5.69 Å². The zero-order chi connectivity index (χ0) is 14.4. The highest BCUT2D eigenvalue weighted by atomic mass is 16.1. The van der Waals surface area contributed by atoms with E-state index in [0.717, 1.165) is 24.3 Å². The van der Waals surface area contributed by atoms with Crippen LogP contribution in [0.1, 0.15) is 24.8 Å². The van der Waals surface area contributed by atoms with Crippen molar-refractivity contribution >= 4 is 17.7 Å². The van der Waals surface area contributed by atoms with Crippen LogP contribution in [0.2, 0.25) is 0 Å². The number of nitrogens with one attached hydrogen (secondary N) is 1. The molecule has 1 fully saturated rings. The number of hydrogen-bond donors (Lipinski definition) is 2. The minimum atomic E-state index is -0.0409. The maximum Gasteiger partial charge on any atom is 0.244 e. The summed E-state index contributed by atoms with van der Waals surface area (Å²) < 4.78 is 0. The molecular formula is C16H23N3O. The van der Waals surface area contributed by atoms with Crippen LogP contribution in [0.15, 0.2) is 30.3 Å². The number of carbonyl (C=O) groups is 1. The van der Waals surface area contributed by atoms with Gasteiger partial charge in [0.1, 0.15) is 0 Å². The number of likely N-dealkylation sites (tertiary alicyclic amines) is 1. The minimum absolute atomic E-state index is 0.0409. The topological polar surface area (TPSA) is 58.4 Å². The Balaban J connectivity index is 1.78. The van der Waals surface area contributed by atoms with Crippen LogP contribution in [-0.2, 0) is 4.79 Å². The predicted octanol–water partition coefficient (Wildman–Crippen LogP) is 1.88. The Morgan fingerprint density at radius 2 is 2.15 bits per heavy atom. The van der Waals surface area contributed by atoms with Gasteiger partial charge in [-0.3, -0.25) is 4.79 Å². The molecule has 0 saturated carbocycles. The zero-order valence-corrected chi connectivity index (χ0v) is 12.0. The molecule has 1 saturated heterocycles. The third kappa shape index (κ3) is 4.38. The number of amides is 1. The van der Waals surface area contributed by atoms with E-state index in [9.17, 15) is 4.79 Å². The van der Waals surface area contributed by atoms with Crippen molar-refractivity contribution in [1.29, 1.82) is 0 Å². The molecule has 1 heterocycles. The van der Waals surface area contributed by atoms with Crippen LogP contribution in [0, 0.1) is 0 Å². The number of nitrogens with two attached hydrogens (primary N) is 1. The van der Waals surface area contributed by atoms with E-state index < -0.39 is 0 Å². The second-order valence-corrected chi connectivity index (χ2v) is 5.38. The Labute approximate surface area is 120 Å². The molecule has 1 amide bonds. The van der Waals surface area contributed by atoms with Gasteiger partial charge in [-0.05, 0) is 50.2 Å². The Morgan fingerprint density at radius 1 is 1.40 bits per heavy atom. The summed E-state index contributed by atoms with van der Waals surface area (Å²) >= 11 is 0. The maximum absolute atomic E-state index is 11.8. The van der Waals surface area contributed by atoms with Gasteiger partial charge in [0, 0.05) is 24.4 Å². The van der Waals surface area contributed by atoms with Crippen molar-refractivity contribution in [3.63, 3.8) is 0 Å². The highest BCUT2D eigenvalue weighted by molar-refractivity contribution is 5.91. The molecule has 0 bridgehead atoms. The van der Waals surface area contributed by atoms with Gasteiger partial charge in [-0.2, -0.15) is 0 Å². The third-order valence-electron chi connectivity index (χ3n) is 3.80. The SMILES string of the molecule is CN1CCCCC1CNC(=O)/C=C/c1ccc(N)cc1. The van der Waals surface area contributed by atoms with Gasteiger partial charge in [-0.25, -0.2) is 0 Å². The highest BCUT2D eigenvalue weighted by Crippen LogP contribution is 2.14. The smallest absolute Gasteiger partial charge is 0.244 e. The first-order chi connectivity index (χ1) is 9.65. The summed E-state index contributed by atoms with van der Waals surface area (Å²) in [7, 11) is 2.13. The minimum Gasteiger partial charge on any atom is -0.399 e. The van der Waals surface area contributed by atoms with Gasteiger partial charge in [0.15, 0.2) is 0 Å². The lowest BCUT2D eigenvalue weighted by Gasteiger charge is -2.32. The fraction of sp³-hybridized carbons (Fsp3) is 0.438. The summed E-state index contributed by atoms with van der Waals surface area (Å²) in [5, 5.41) is 2.97. The van der Waals surface area contributed by atoms with Crippen LogP contribution < -0.4 is 11.1 Å². The number of hydrogen-bond acceptors (Lipinski definition) is 3. The summed E-state index contributed by atoms with van der Waals surface area (Å²) in [5.74, 6) is -0.0409. The van der Waals surface area contributed by atoms with Gasteiger partial charge >= 0.3 is 0 Å². The molecular weight excluding hydrogens is 250 g/mol. The van der Waals surface area contributed by atoms with Crippen molar-refractivity contribution in [2.24, 2.45) is 0 Å². The van der Waals surface area contributed by atoms with E-state index in [1.807, 2.05) is 24.3 Å². The molecule has 1 aromatic carbocycles. The number of nitrogen functional groups attached to an aromatic ring is 1. The first-order valence-electron chi connectivity index (χ1n) is 7.17. The molecule has 0 aliphatic carbocycles. The summed E-state index contributed by atoms with van der Waals surface area (Å²) in [6, 6.07) is 7.92. The second-order valence-electron chi connectivity index (χ2n) is 5.38. The summed E-state index contributed by atoms with van der Waals surface area (Å²) in [4.78, 5) is 14.1. The van der Waals surface area contributed by atoms with Gasteiger partial charge in [-0.1, -0.05) is 18.6 Å². The van der Waals surface area contributed by atoms with Crippen LogP contribution in [0.3, 0.4) is 0 Å². The number of benzene rings is 1. The second kappa shape index (κ2) is 7.10. The Hall–Kier alpha value is -1.81. The fourth-order valence-electron chi connectivity index (χ4n) is 2.46. The van der Waals surface area contributed by atoms with E-state index in [-0.39, 0.29) is 5.91 Å². The normalized spacial score (nSPS) is 20.1. The highest BCUT2D eigenvalue weighted by Gasteiger charge is 2.18. The van der Waals surface area contributed by atoms with Gasteiger partial charge in [-0.15, -0.1) is 0 Å². The molecule has 1 atom stereocenters. The molecule has 4 nitrogen and oxygen atoms in total. The van der Waals surface area contributed by atoms with Crippen molar-refractivity contribution < 1.29 is 4.79 Å². The van der Waals surface area contributed by atoms with E-state index in [2.05, 4.69) is 17.3 Å². The summed E-state index contributed by atoms with van der Waals surface area (Å²) in [5.41, 5.74) is 7.32. The molecule has 20 heavy (non-hydrogen) atoms. The molecule has 3 N–H and O–H groups in total. The Morgan fingerprint density at radius 3 is 2.85 bits per heavy atom. The van der Waals surface area contributed by atoms with Crippen LogP contribution in [0.5, 0.6) is 0 Å². The van der Waals surface area contributed by atoms with E-state index >= 15 is 0 Å². The molecule has 0 radical (unpaired) electrons. The predicted molar refractivity (Wildman–Crippen MR) is 83.2 cm³/mol. The van der Waals surface area contributed by atoms with Crippen molar-refractivity contribution in [3.05, 3.63) is 35.9 Å². The number of rotatable bonds is 4. The van der Waals surface area contributed by atoms with E-state index in [4.69, 9.17) is 5.73 Å². The van der Waals surface area contributed by atoms with E-state index in [1.165, 1.54) is 19.3 Å². The quantitative estimate of drug-likeness (QED) is 0.650. The lowest BCUT2D eigenvalue weighted by molar-refractivity contribution is -0.116. The largest absolute Gasteiger partial charge is 0.399 e. The third-order valence-corrected chi connectivity index (χ3v) is 3.80. The van der Waals surface area contributed by atoms with Crippen molar-refractivity contribution in [2.75, 3.05) is 25.9 Å². The lowest BCUT2D eigenvalue weighted by atomic mass is 10.0. The average molecular weight is 273 g/mol. The van der Waals surface area contributed by atoms with Crippen LogP contribution in [0.25, 0.3) is 6.08 Å². The number of nitrogens with zero attached hydrogens (tertiary/aromatic N) is 1. The number of piperidine rings is 1. The van der Waals surface area contributed by atoms with Gasteiger partial charge < -0.3 is 16.0 Å². The molecule has 4 heteroatoms. The first kappa shape index (κ1) is 14.6. The van der Waals surface area contributed by atoms with Gasteiger partial charge in [0.05, 0.1) is 0 Å². The number of anilines is 1. The monoisotopic (exact) mass is 273 g/mol. The first-order valence-corrected chi connectivity index (χ1v) is 7.17. The summed E-state index contributed by atoms with van der Waals surface area (Å²) in [6.45, 7) is 1.85. The van der Waals surface area contributed by atoms with Gasteiger partial charge in [0.2, 0.25) is 5.91 Å². The Bertz CT molecular complexity index is 467. The molecule has 0 aromatic heterocycles. The van der Waals surface area contributed by atoms with Crippen molar-refractivity contribution in [3.8, 4) is 0 Å². The van der Waals surface area contributed by atoms with E-state index in [1.54, 1.807) is 12.2 Å². The summed E-state index contributed by atoms with van der Waals surface area (Å²) in [6.07, 6.45) is 7.07. The molecule has 2 rings (SSSR count). The van der Waals surface area contributed by atoms with Crippen LogP contribution in [-0.4, -0.2) is 37.0 Å². The van der Waals surface area contributed by atoms with Crippen molar-refractivity contribution in [1.82, 2.24) is 10.2 Å². The van der Waals surface area contributed by atoms with Crippen LogP contribution >= 0.6 is 0 Å². The Kier molecular flexibility index (Phi) is 5.18. The molecule has 108 valence electrons. The zero-order valence-electron chi connectivity index (χ0n) is 12.0. The molecule has 1 aromatic rings. The van der Waals surface area contributed by atoms with Gasteiger partial charge in [0.25, 0.3) is 0 Å². The van der Waals surface area contributed by atoms with Crippen molar-refractivity contribution in [2.45, 2.75) is 25.3 Å². The average Bonchev–Trinajstić information content (AvgIpc) is 2.46. The molecule has 1 aliphatic heterocycles. The molecule has 0 spiro atoms. The maximum atomic E-state index is 11.8. The standard InChI is InChI=1S/C16H23N3O/c1-19-11-3-2-4-15(19)12-18-16(20)10-7-13-5-8-14(17)9-6-13/h5-10,15H,2-4,11-12,17H2,1H3,(H,18,20)/b10-7+.